The molecule has 0 saturated heterocycles. The quantitative estimate of drug-likeness (QED) is 0.739. The van der Waals surface area contributed by atoms with Crippen molar-refractivity contribution in [3.63, 3.8) is 0 Å². The summed E-state index contributed by atoms with van der Waals surface area (Å²) in [5.74, 6) is -0.0438. The largest absolute Gasteiger partial charge is 0.352 e. The van der Waals surface area contributed by atoms with Gasteiger partial charge in [0.15, 0.2) is 0 Å². The first-order valence-corrected chi connectivity index (χ1v) is 5.05. The first-order valence-electron chi connectivity index (χ1n) is 4.10. The molecule has 1 N–H and O–H groups in total. The molecule has 1 aromatic heterocycles. The van der Waals surface area contributed by atoms with Crippen molar-refractivity contribution in [3.05, 3.63) is 28.7 Å². The Morgan fingerprint density at radius 1 is 1.77 bits per heavy atom. The van der Waals surface area contributed by atoms with Crippen molar-refractivity contribution in [2.75, 3.05) is 6.54 Å². The Hall–Kier alpha value is -1.16. The number of nitrogens with one attached hydrogen (secondary N) is 1. The lowest BCUT2D eigenvalue weighted by Crippen LogP contribution is -2.23. The number of carbonyl (C=O) groups excluding carboxylic acids is 1. The number of rotatable bonds is 4. The molecule has 1 heterocycles. The molecule has 0 atom stereocenters. The molecule has 1 aromatic rings. The van der Waals surface area contributed by atoms with Crippen LogP contribution in [0.25, 0.3) is 0 Å². The van der Waals surface area contributed by atoms with Crippen molar-refractivity contribution >= 4 is 17.2 Å². The normalized spacial score (nSPS) is 10.5. The first kappa shape index (κ1) is 9.92. The monoisotopic (exact) mass is 196 g/mol. The zero-order valence-electron chi connectivity index (χ0n) is 7.49. The Morgan fingerprint density at radius 2 is 2.62 bits per heavy atom. The summed E-state index contributed by atoms with van der Waals surface area (Å²) in [5.41, 5.74) is 2.83. The van der Waals surface area contributed by atoms with Gasteiger partial charge in [0, 0.05) is 18.3 Å². The number of allylic oxidation sites excluding steroid dienone is 1. The van der Waals surface area contributed by atoms with Gasteiger partial charge in [-0.2, -0.15) is 0 Å². The van der Waals surface area contributed by atoms with Gasteiger partial charge in [0.05, 0.1) is 11.2 Å². The molecule has 0 unspecified atom stereocenters. The number of aromatic nitrogens is 1. The maximum absolute atomic E-state index is 11.0. The van der Waals surface area contributed by atoms with E-state index in [-0.39, 0.29) is 5.91 Å². The topological polar surface area (TPSA) is 42.0 Å². The number of hydrogen-bond acceptors (Lipinski definition) is 3. The highest BCUT2D eigenvalue weighted by Gasteiger charge is 1.96. The predicted molar refractivity (Wildman–Crippen MR) is 53.6 cm³/mol. The van der Waals surface area contributed by atoms with Crippen LogP contribution in [0.1, 0.15) is 12.6 Å². The lowest BCUT2D eigenvalue weighted by atomic mass is 10.3. The number of hydrogen-bond donors (Lipinski definition) is 1. The summed E-state index contributed by atoms with van der Waals surface area (Å²) in [7, 11) is 0. The van der Waals surface area contributed by atoms with E-state index in [0.29, 0.717) is 6.54 Å². The summed E-state index contributed by atoms with van der Waals surface area (Å²) >= 11 is 1.57. The molecule has 0 bridgehead atoms. The van der Waals surface area contributed by atoms with Crippen molar-refractivity contribution in [2.45, 2.75) is 13.3 Å². The van der Waals surface area contributed by atoms with Gasteiger partial charge in [0.1, 0.15) is 0 Å². The van der Waals surface area contributed by atoms with E-state index in [1.807, 2.05) is 12.3 Å². The summed E-state index contributed by atoms with van der Waals surface area (Å²) in [6.07, 6.45) is 4.03. The number of carbonyl (C=O) groups is 1. The second-order valence-corrected chi connectivity index (χ2v) is 3.24. The number of thiazole rings is 1. The molecule has 0 aliphatic heterocycles. The smallest absolute Gasteiger partial charge is 0.243 e. The second kappa shape index (κ2) is 5.48. The zero-order valence-corrected chi connectivity index (χ0v) is 8.30. The number of nitrogens with zero attached hydrogens (tertiary/aromatic N) is 1. The molecule has 70 valence electrons. The SMILES string of the molecule is C/C=C/C(=O)NCCc1cscn1. The van der Waals surface area contributed by atoms with Gasteiger partial charge < -0.3 is 5.32 Å². The molecule has 3 nitrogen and oxygen atoms in total. The van der Waals surface area contributed by atoms with Crippen LogP contribution in [0.4, 0.5) is 0 Å². The van der Waals surface area contributed by atoms with Crippen molar-refractivity contribution in [1.29, 1.82) is 0 Å². The number of amides is 1. The van der Waals surface area contributed by atoms with Gasteiger partial charge in [-0.05, 0) is 13.0 Å². The van der Waals surface area contributed by atoms with Gasteiger partial charge in [-0.15, -0.1) is 11.3 Å². The molecule has 0 aliphatic carbocycles. The van der Waals surface area contributed by atoms with Crippen LogP contribution in [0.2, 0.25) is 0 Å². The Bertz CT molecular complexity index is 280. The van der Waals surface area contributed by atoms with Crippen molar-refractivity contribution < 1.29 is 4.79 Å². The maximum atomic E-state index is 11.0. The third kappa shape index (κ3) is 3.85. The summed E-state index contributed by atoms with van der Waals surface area (Å²) in [4.78, 5) is 15.1. The molecular formula is C9H12N2OS. The molecule has 0 fully saturated rings. The van der Waals surface area contributed by atoms with Gasteiger partial charge in [0.2, 0.25) is 5.91 Å². The fraction of sp³-hybridized carbons (Fsp3) is 0.333. The van der Waals surface area contributed by atoms with Gasteiger partial charge in [-0.1, -0.05) is 6.08 Å². The van der Waals surface area contributed by atoms with E-state index in [4.69, 9.17) is 0 Å². The molecule has 13 heavy (non-hydrogen) atoms. The summed E-state index contributed by atoms with van der Waals surface area (Å²) in [6, 6.07) is 0. The van der Waals surface area contributed by atoms with Crippen LogP contribution >= 0.6 is 11.3 Å². The van der Waals surface area contributed by atoms with E-state index in [9.17, 15) is 4.79 Å². The van der Waals surface area contributed by atoms with Gasteiger partial charge in [-0.25, -0.2) is 4.98 Å². The highest BCUT2D eigenvalue weighted by atomic mass is 32.1. The van der Waals surface area contributed by atoms with Crippen molar-refractivity contribution in [2.24, 2.45) is 0 Å². The highest BCUT2D eigenvalue weighted by molar-refractivity contribution is 7.07. The van der Waals surface area contributed by atoms with E-state index < -0.39 is 0 Å². The Labute approximate surface area is 81.5 Å². The minimum absolute atomic E-state index is 0.0438. The van der Waals surface area contributed by atoms with E-state index in [2.05, 4.69) is 10.3 Å². The van der Waals surface area contributed by atoms with Gasteiger partial charge >= 0.3 is 0 Å². The Balaban J connectivity index is 2.18. The van der Waals surface area contributed by atoms with Crippen LogP contribution in [-0.2, 0) is 11.2 Å². The van der Waals surface area contributed by atoms with Crippen molar-refractivity contribution in [1.82, 2.24) is 10.3 Å². The highest BCUT2D eigenvalue weighted by Crippen LogP contribution is 2.00. The third-order valence-corrected chi connectivity index (χ3v) is 2.12. The average molecular weight is 196 g/mol. The standard InChI is InChI=1S/C9H12N2OS/c1-2-3-9(12)10-5-4-8-6-13-7-11-8/h2-3,6-7H,4-5H2,1H3,(H,10,12)/b3-2+. The van der Waals surface area contributed by atoms with Crippen LogP contribution in [0.3, 0.4) is 0 Å². The lowest BCUT2D eigenvalue weighted by molar-refractivity contribution is -0.116. The van der Waals surface area contributed by atoms with Crippen LogP contribution in [0.15, 0.2) is 23.0 Å². The molecule has 1 amide bonds. The molecule has 1 rings (SSSR count). The lowest BCUT2D eigenvalue weighted by Gasteiger charge is -1.98. The minimum atomic E-state index is -0.0438. The van der Waals surface area contributed by atoms with Crippen LogP contribution in [-0.4, -0.2) is 17.4 Å². The summed E-state index contributed by atoms with van der Waals surface area (Å²) in [6.45, 7) is 2.47. The molecule has 4 heteroatoms. The first-order chi connectivity index (χ1) is 6.33. The molecule has 0 saturated carbocycles. The van der Waals surface area contributed by atoms with Crippen molar-refractivity contribution in [3.8, 4) is 0 Å². The van der Waals surface area contributed by atoms with E-state index in [1.54, 1.807) is 22.9 Å². The maximum Gasteiger partial charge on any atom is 0.243 e. The Morgan fingerprint density at radius 3 is 3.23 bits per heavy atom. The third-order valence-electron chi connectivity index (χ3n) is 1.48. The zero-order chi connectivity index (χ0) is 9.52. The molecule has 0 spiro atoms. The summed E-state index contributed by atoms with van der Waals surface area (Å²) in [5, 5.41) is 4.75. The van der Waals surface area contributed by atoms with Crippen LogP contribution < -0.4 is 5.32 Å². The van der Waals surface area contributed by atoms with Gasteiger partial charge in [0.25, 0.3) is 0 Å². The van der Waals surface area contributed by atoms with Gasteiger partial charge in [-0.3, -0.25) is 4.79 Å². The minimum Gasteiger partial charge on any atom is -0.352 e. The van der Waals surface area contributed by atoms with Crippen LogP contribution in [0, 0.1) is 0 Å². The molecular weight excluding hydrogens is 184 g/mol. The van der Waals surface area contributed by atoms with E-state index in [0.717, 1.165) is 12.1 Å². The van der Waals surface area contributed by atoms with E-state index >= 15 is 0 Å². The van der Waals surface area contributed by atoms with Crippen LogP contribution in [0.5, 0.6) is 0 Å². The molecule has 0 aromatic carbocycles. The molecule has 0 radical (unpaired) electrons. The van der Waals surface area contributed by atoms with E-state index in [1.165, 1.54) is 6.08 Å². The Kier molecular flexibility index (Phi) is 4.18. The predicted octanol–water partition coefficient (Wildman–Crippen LogP) is 1.38. The second-order valence-electron chi connectivity index (χ2n) is 2.52. The summed E-state index contributed by atoms with van der Waals surface area (Å²) < 4.78 is 0. The fourth-order valence-corrected chi connectivity index (χ4v) is 1.48. The molecule has 0 aliphatic rings. The fourth-order valence-electron chi connectivity index (χ4n) is 0.885. The average Bonchev–Trinajstić information content (AvgIpc) is 2.57.